The molecule has 0 amide bonds. The highest BCUT2D eigenvalue weighted by molar-refractivity contribution is 6.76. The van der Waals surface area contributed by atoms with E-state index in [0.29, 0.717) is 42.1 Å². The zero-order valence-electron chi connectivity index (χ0n) is 40.7. The smallest absolute Gasteiger partial charge is 0.139 e. The highest BCUT2D eigenvalue weighted by Gasteiger charge is 2.32. The number of nitrogens with zero attached hydrogens (tertiary/aromatic N) is 8. The SMILES string of the molecule is C[Si](C)(C)CCOCn1nc(-c2ccc(Cl)cc2)c(-c2ccncn2)c1C1CCC(=O)CC1.C[Si](C)(C)CCOCn1nc(-c2ccc(Cl)cc2)c(-c2ccncn2)c1C1CCC(O)CC1.ClCCl. The third kappa shape index (κ3) is 16.1. The second-order valence-corrected chi connectivity index (χ2v) is 33.0. The molecule has 0 atom stereocenters. The first-order chi connectivity index (χ1) is 33.0. The molecule has 0 saturated heterocycles. The van der Waals surface area contributed by atoms with Gasteiger partial charge in [-0.25, -0.2) is 29.3 Å². The zero-order chi connectivity index (χ0) is 49.6. The van der Waals surface area contributed by atoms with E-state index in [0.717, 1.165) is 120 Å². The van der Waals surface area contributed by atoms with Gasteiger partial charge in [-0.2, -0.15) is 10.2 Å². The Morgan fingerprint density at radius 1 is 0.609 bits per heavy atom. The number of carbonyl (C=O) groups is 1. The van der Waals surface area contributed by atoms with Gasteiger partial charge in [0.25, 0.3) is 0 Å². The zero-order valence-corrected chi connectivity index (χ0v) is 45.7. The molecule has 6 aromatic rings. The molecule has 370 valence electrons. The number of hydrogen-bond acceptors (Lipinski definition) is 10. The average molecular weight is 1050 g/mol. The third-order valence-corrected chi connectivity index (χ3v) is 16.2. The van der Waals surface area contributed by atoms with E-state index in [1.807, 2.05) is 70.0 Å². The molecule has 2 fully saturated rings. The van der Waals surface area contributed by atoms with Crippen LogP contribution in [0.5, 0.6) is 0 Å². The lowest BCUT2D eigenvalue weighted by atomic mass is 9.83. The number of aliphatic hydroxyl groups excluding tert-OH is 1. The van der Waals surface area contributed by atoms with Gasteiger partial charge < -0.3 is 14.6 Å². The molecule has 1 N–H and O–H groups in total. The minimum atomic E-state index is -1.19. The van der Waals surface area contributed by atoms with E-state index in [-0.39, 0.29) is 23.3 Å². The first kappa shape index (κ1) is 54.5. The van der Waals surface area contributed by atoms with Crippen molar-refractivity contribution in [2.75, 3.05) is 18.6 Å². The summed E-state index contributed by atoms with van der Waals surface area (Å²) < 4.78 is 16.3. The van der Waals surface area contributed by atoms with Gasteiger partial charge in [0.1, 0.15) is 43.3 Å². The lowest BCUT2D eigenvalue weighted by Crippen LogP contribution is -2.23. The number of hydrogen-bond donors (Lipinski definition) is 1. The summed E-state index contributed by atoms with van der Waals surface area (Å²) >= 11 is 21.8. The Morgan fingerprint density at radius 3 is 1.36 bits per heavy atom. The molecule has 18 heteroatoms. The molecule has 4 heterocycles. The maximum Gasteiger partial charge on any atom is 0.139 e. The van der Waals surface area contributed by atoms with E-state index >= 15 is 0 Å². The van der Waals surface area contributed by atoms with Gasteiger partial charge in [-0.3, -0.25) is 4.79 Å². The number of Topliss-reactive ketones (excluding diaryl/α,β-unsaturated/α-hetero) is 1. The van der Waals surface area contributed by atoms with Crippen molar-refractivity contribution in [3.8, 4) is 45.0 Å². The molecule has 0 bridgehead atoms. The summed E-state index contributed by atoms with van der Waals surface area (Å²) in [4.78, 5) is 29.4. The van der Waals surface area contributed by atoms with Crippen molar-refractivity contribution in [2.45, 2.75) is 134 Å². The Bertz CT molecular complexity index is 2500. The molecule has 2 saturated carbocycles. The van der Waals surface area contributed by atoms with E-state index in [2.05, 4.69) is 59.2 Å². The summed E-state index contributed by atoms with van der Waals surface area (Å²) in [6, 6.07) is 21.6. The molecule has 2 aliphatic rings. The van der Waals surface area contributed by atoms with Crippen LogP contribution in [-0.2, 0) is 27.7 Å². The van der Waals surface area contributed by atoms with Crippen LogP contribution in [-0.4, -0.2) is 91.2 Å². The van der Waals surface area contributed by atoms with Crippen molar-refractivity contribution in [2.24, 2.45) is 0 Å². The van der Waals surface area contributed by atoms with Crippen LogP contribution in [0.25, 0.3) is 45.0 Å². The molecule has 0 radical (unpaired) electrons. The average Bonchev–Trinajstić information content (AvgIpc) is 3.90. The molecule has 69 heavy (non-hydrogen) atoms. The van der Waals surface area contributed by atoms with Crippen LogP contribution >= 0.6 is 46.4 Å². The number of ketones is 1. The fourth-order valence-corrected chi connectivity index (χ4v) is 10.4. The van der Waals surface area contributed by atoms with Crippen LogP contribution in [0.2, 0.25) is 61.4 Å². The highest BCUT2D eigenvalue weighted by atomic mass is 35.5. The maximum absolute atomic E-state index is 12.0. The van der Waals surface area contributed by atoms with Crippen molar-refractivity contribution < 1.29 is 19.4 Å². The summed E-state index contributed by atoms with van der Waals surface area (Å²) in [5, 5.41) is 21.8. The molecular formula is C51H66Cl4N8O4Si2. The van der Waals surface area contributed by atoms with Crippen molar-refractivity contribution in [1.29, 1.82) is 0 Å². The predicted molar refractivity (Wildman–Crippen MR) is 286 cm³/mol. The Labute approximate surface area is 429 Å². The minimum absolute atomic E-state index is 0.194. The van der Waals surface area contributed by atoms with Crippen LogP contribution in [0.1, 0.15) is 74.6 Å². The number of benzene rings is 2. The Morgan fingerprint density at radius 2 is 1.00 bits per heavy atom. The number of aliphatic hydroxyl groups is 1. The summed E-state index contributed by atoms with van der Waals surface area (Å²) in [5.74, 6) is 0.847. The second-order valence-electron chi connectivity index (χ2n) is 20.0. The topological polar surface area (TPSA) is 143 Å². The maximum atomic E-state index is 12.0. The number of carbonyl (C=O) groups excluding carboxylic acids is 1. The Hall–Kier alpha value is -3.84. The van der Waals surface area contributed by atoms with Gasteiger partial charge in [-0.1, -0.05) is 86.7 Å². The minimum Gasteiger partial charge on any atom is -0.393 e. The van der Waals surface area contributed by atoms with E-state index in [9.17, 15) is 9.90 Å². The monoisotopic (exact) mass is 1050 g/mol. The molecule has 8 rings (SSSR count). The largest absolute Gasteiger partial charge is 0.393 e. The number of halogens is 4. The standard InChI is InChI=1S/C25H33ClN4O2Si.C25H31ClN4O2Si.CH2Cl2/c2*1-33(2,3)15-14-32-17-30-25(19-6-10-21(31)11-7-19)23(22-12-13-27-16-28-22)24(29-30)18-4-8-20(26)9-5-18;2-1-3/h4-5,8-9,12-13,16,19,21,31H,6-7,10-11,14-15,17H2,1-3H3;4-5,8-9,12-13,16,19H,6-7,10-11,14-15,17H2,1-3H3;1H2. The van der Waals surface area contributed by atoms with Crippen LogP contribution in [0.15, 0.2) is 85.7 Å². The normalized spacial score (nSPS) is 16.7. The van der Waals surface area contributed by atoms with Crippen LogP contribution < -0.4 is 0 Å². The van der Waals surface area contributed by atoms with Crippen molar-refractivity contribution >= 4 is 68.3 Å². The van der Waals surface area contributed by atoms with Crippen molar-refractivity contribution in [1.82, 2.24) is 39.5 Å². The third-order valence-electron chi connectivity index (χ3n) is 12.3. The predicted octanol–water partition coefficient (Wildman–Crippen LogP) is 13.6. The first-order valence-corrected chi connectivity index (χ1v) is 33.0. The fraction of sp³-hybridized carbons (Fsp3) is 0.471. The van der Waals surface area contributed by atoms with Gasteiger partial charge in [0, 0.05) is 98.7 Å². The lowest BCUT2D eigenvalue weighted by molar-refractivity contribution is -0.120. The fourth-order valence-electron chi connectivity index (χ4n) is 8.60. The van der Waals surface area contributed by atoms with E-state index in [4.69, 9.17) is 66.1 Å². The van der Waals surface area contributed by atoms with Gasteiger partial charge in [-0.05, 0) is 87.0 Å². The van der Waals surface area contributed by atoms with Crippen molar-refractivity contribution in [3.05, 3.63) is 107 Å². The van der Waals surface area contributed by atoms with E-state index < -0.39 is 16.1 Å². The number of rotatable bonds is 16. The highest BCUT2D eigenvalue weighted by Crippen LogP contribution is 2.44. The molecule has 0 aliphatic heterocycles. The first-order valence-electron chi connectivity index (χ1n) is 23.8. The lowest BCUT2D eigenvalue weighted by Gasteiger charge is -2.27. The van der Waals surface area contributed by atoms with Gasteiger partial charge in [-0.15, -0.1) is 23.2 Å². The van der Waals surface area contributed by atoms with E-state index in [1.54, 1.807) is 25.0 Å². The van der Waals surface area contributed by atoms with Gasteiger partial charge in [0.2, 0.25) is 0 Å². The molecular weight excluding hydrogens is 987 g/mol. The van der Waals surface area contributed by atoms with Crippen LogP contribution in [0.3, 0.4) is 0 Å². The van der Waals surface area contributed by atoms with Crippen molar-refractivity contribution in [3.63, 3.8) is 0 Å². The second kappa shape index (κ2) is 26.0. The molecule has 12 nitrogen and oxygen atoms in total. The van der Waals surface area contributed by atoms with Crippen LogP contribution in [0, 0.1) is 0 Å². The van der Waals surface area contributed by atoms with Gasteiger partial charge in [0.15, 0.2) is 0 Å². The van der Waals surface area contributed by atoms with E-state index in [1.165, 1.54) is 0 Å². The molecule has 4 aromatic heterocycles. The molecule has 2 aromatic carbocycles. The van der Waals surface area contributed by atoms with Gasteiger partial charge >= 0.3 is 0 Å². The van der Waals surface area contributed by atoms with Gasteiger partial charge in [0.05, 0.1) is 34.2 Å². The molecule has 2 aliphatic carbocycles. The summed E-state index contributed by atoms with van der Waals surface area (Å²) in [6.07, 6.45) is 12.7. The number of aromatic nitrogens is 8. The molecule has 0 unspecified atom stereocenters. The summed E-state index contributed by atoms with van der Waals surface area (Å²) in [6.45, 7) is 16.4. The Kier molecular flexibility index (Phi) is 20.6. The summed E-state index contributed by atoms with van der Waals surface area (Å²) in [7, 11) is -2.36. The summed E-state index contributed by atoms with van der Waals surface area (Å²) in [5.41, 5.74) is 9.62. The quantitative estimate of drug-likeness (QED) is 0.0565. The Balaban J connectivity index is 0.000000215. The van der Waals surface area contributed by atoms with Crippen LogP contribution in [0.4, 0.5) is 0 Å². The number of alkyl halides is 2. The number of ether oxygens (including phenoxy) is 2. The molecule has 0 spiro atoms.